The molecule has 0 N–H and O–H groups in total. The molecule has 0 aliphatic rings. The smallest absolute Gasteiger partial charge is 0.0985 e. The van der Waals surface area contributed by atoms with Gasteiger partial charge in [0.25, 0.3) is 0 Å². The Labute approximate surface area is 49.3 Å². The van der Waals surface area contributed by atoms with Crippen molar-refractivity contribution in [1.29, 1.82) is 5.26 Å². The summed E-state index contributed by atoms with van der Waals surface area (Å²) in [4.78, 5) is 0. The van der Waals surface area contributed by atoms with Gasteiger partial charge in [-0.15, -0.1) is 0 Å². The maximum atomic E-state index is 8.13. The van der Waals surface area contributed by atoms with Crippen LogP contribution in [-0.4, -0.2) is 0 Å². The van der Waals surface area contributed by atoms with Crippen LogP contribution in [0.4, 0.5) is 0 Å². The average molecular weight is 105 g/mol. The van der Waals surface area contributed by atoms with Crippen molar-refractivity contribution >= 4 is 0 Å². The highest BCUT2D eigenvalue weighted by Gasteiger charge is 1.74. The molecule has 1 heteroatoms. The number of hydrogen-bond donors (Lipinski definition) is 0. The van der Waals surface area contributed by atoms with E-state index in [-0.39, 0.29) is 0 Å². The topological polar surface area (TPSA) is 23.8 Å². The van der Waals surface area contributed by atoms with Crippen molar-refractivity contribution in [3.8, 4) is 6.07 Å². The number of nitrogens with zero attached hydrogens (tertiary/aromatic N) is 1. The lowest BCUT2D eigenvalue weighted by molar-refractivity contribution is 1.51. The first-order chi connectivity index (χ1) is 3.81. The first kappa shape index (κ1) is 6.71. The van der Waals surface area contributed by atoms with Gasteiger partial charge in [0, 0.05) is 5.57 Å². The Morgan fingerprint density at radius 3 is 2.62 bits per heavy atom. The van der Waals surface area contributed by atoms with Gasteiger partial charge in [0.15, 0.2) is 0 Å². The Hall–Kier alpha value is -1.29. The van der Waals surface area contributed by atoms with Gasteiger partial charge in [0.2, 0.25) is 0 Å². The molecule has 0 atom stereocenters. The van der Waals surface area contributed by atoms with Crippen LogP contribution in [0.2, 0.25) is 0 Å². The van der Waals surface area contributed by atoms with Gasteiger partial charge in [0.1, 0.15) is 0 Å². The van der Waals surface area contributed by atoms with E-state index in [1.54, 1.807) is 18.2 Å². The van der Waals surface area contributed by atoms with Crippen LogP contribution < -0.4 is 0 Å². The maximum Gasteiger partial charge on any atom is 0.0985 e. The Morgan fingerprint density at radius 2 is 2.25 bits per heavy atom. The van der Waals surface area contributed by atoms with Gasteiger partial charge < -0.3 is 0 Å². The van der Waals surface area contributed by atoms with Crippen molar-refractivity contribution in [2.45, 2.75) is 0 Å². The van der Waals surface area contributed by atoms with E-state index >= 15 is 0 Å². The van der Waals surface area contributed by atoms with Crippen LogP contribution in [0.3, 0.4) is 0 Å². The van der Waals surface area contributed by atoms with Crippen molar-refractivity contribution in [1.82, 2.24) is 0 Å². The van der Waals surface area contributed by atoms with Crippen molar-refractivity contribution in [2.24, 2.45) is 0 Å². The third-order valence-corrected chi connectivity index (χ3v) is 0.577. The van der Waals surface area contributed by atoms with Gasteiger partial charge in [0.05, 0.1) is 6.07 Å². The average Bonchev–Trinajstić information content (AvgIpc) is 1.83. The second kappa shape index (κ2) is 3.89. The molecule has 0 spiro atoms. The lowest BCUT2D eigenvalue weighted by Gasteiger charge is -1.74. The predicted octanol–water partition coefficient (Wildman–Crippen LogP) is 1.81. The predicted molar refractivity (Wildman–Crippen MR) is 34.1 cm³/mol. The third kappa shape index (κ3) is 2.92. The summed E-state index contributed by atoms with van der Waals surface area (Å²) in [6.07, 6.45) is 4.88. The summed E-state index contributed by atoms with van der Waals surface area (Å²) < 4.78 is 0. The summed E-state index contributed by atoms with van der Waals surface area (Å²) in [5, 5.41) is 8.13. The summed E-state index contributed by atoms with van der Waals surface area (Å²) in [6.45, 7) is 6.84. The van der Waals surface area contributed by atoms with Crippen LogP contribution in [0.25, 0.3) is 0 Å². The van der Waals surface area contributed by atoms with Gasteiger partial charge in [-0.25, -0.2) is 0 Å². The van der Waals surface area contributed by atoms with Crippen molar-refractivity contribution in [3.05, 3.63) is 37.0 Å². The molecule has 0 bridgehead atoms. The molecule has 0 aromatic carbocycles. The lowest BCUT2D eigenvalue weighted by atomic mass is 10.3. The van der Waals surface area contributed by atoms with E-state index in [9.17, 15) is 0 Å². The summed E-state index contributed by atoms with van der Waals surface area (Å²) in [5.41, 5.74) is 0.449. The Kier molecular flexibility index (Phi) is 3.26. The number of rotatable bonds is 2. The van der Waals surface area contributed by atoms with E-state index in [1.165, 1.54) is 0 Å². The normalized spacial score (nSPS) is 8.38. The minimum Gasteiger partial charge on any atom is -0.192 e. The maximum absolute atomic E-state index is 8.13. The second-order valence-electron chi connectivity index (χ2n) is 1.23. The van der Waals surface area contributed by atoms with E-state index in [2.05, 4.69) is 13.2 Å². The van der Waals surface area contributed by atoms with Crippen LogP contribution in [0.5, 0.6) is 0 Å². The van der Waals surface area contributed by atoms with Crippen molar-refractivity contribution < 1.29 is 0 Å². The molecule has 40 valence electrons. The minimum atomic E-state index is 0.449. The van der Waals surface area contributed by atoms with Crippen LogP contribution in [0, 0.1) is 11.3 Å². The Bertz CT molecular complexity index is 158. The monoisotopic (exact) mass is 105 g/mol. The summed E-state index contributed by atoms with van der Waals surface area (Å²) in [7, 11) is 0. The van der Waals surface area contributed by atoms with Gasteiger partial charge in [-0.2, -0.15) is 5.26 Å². The largest absolute Gasteiger partial charge is 0.192 e. The molecule has 0 radical (unpaired) electrons. The third-order valence-electron chi connectivity index (χ3n) is 0.577. The zero-order valence-corrected chi connectivity index (χ0v) is 4.59. The number of allylic oxidation sites excluding steroid dienone is 4. The second-order valence-corrected chi connectivity index (χ2v) is 1.23. The van der Waals surface area contributed by atoms with E-state index in [4.69, 9.17) is 5.26 Å². The standard InChI is InChI=1S/C7H7N/c1-3-4-5-7(2)6-8/h3-5H,1-2H2. The van der Waals surface area contributed by atoms with Crippen molar-refractivity contribution in [3.63, 3.8) is 0 Å². The quantitative estimate of drug-likeness (QED) is 0.388. The molecule has 8 heavy (non-hydrogen) atoms. The fraction of sp³-hybridized carbons (Fsp3) is 0. The molecular weight excluding hydrogens is 98.1 g/mol. The molecule has 0 aromatic rings. The molecule has 0 rings (SSSR count). The van der Waals surface area contributed by atoms with Gasteiger partial charge >= 0.3 is 0 Å². The summed E-state index contributed by atoms with van der Waals surface area (Å²) in [5.74, 6) is 0. The van der Waals surface area contributed by atoms with Crippen LogP contribution in [0.1, 0.15) is 0 Å². The Balaban J connectivity index is 3.75. The first-order valence-electron chi connectivity index (χ1n) is 2.19. The van der Waals surface area contributed by atoms with E-state index in [0.717, 1.165) is 0 Å². The first-order valence-corrected chi connectivity index (χ1v) is 2.19. The lowest BCUT2D eigenvalue weighted by Crippen LogP contribution is -1.61. The molecule has 0 amide bonds. The fourth-order valence-electron chi connectivity index (χ4n) is 0.221. The SMILES string of the molecule is C=CC=CC(=C)C#N. The van der Waals surface area contributed by atoms with E-state index < -0.39 is 0 Å². The highest BCUT2D eigenvalue weighted by Crippen LogP contribution is 1.87. The fourth-order valence-corrected chi connectivity index (χ4v) is 0.221. The highest BCUT2D eigenvalue weighted by atomic mass is 14.2. The van der Waals surface area contributed by atoms with Crippen LogP contribution >= 0.6 is 0 Å². The molecule has 0 heterocycles. The molecular formula is C7H7N. The van der Waals surface area contributed by atoms with Crippen LogP contribution in [0.15, 0.2) is 37.0 Å². The van der Waals surface area contributed by atoms with Crippen LogP contribution in [-0.2, 0) is 0 Å². The van der Waals surface area contributed by atoms with E-state index in [1.807, 2.05) is 6.07 Å². The molecule has 0 fully saturated rings. The molecule has 0 aromatic heterocycles. The van der Waals surface area contributed by atoms with Crippen molar-refractivity contribution in [2.75, 3.05) is 0 Å². The summed E-state index contributed by atoms with van der Waals surface area (Å²) >= 11 is 0. The molecule has 0 saturated heterocycles. The Morgan fingerprint density at radius 1 is 1.62 bits per heavy atom. The molecule has 0 unspecified atom stereocenters. The zero-order valence-electron chi connectivity index (χ0n) is 4.59. The zero-order chi connectivity index (χ0) is 6.41. The van der Waals surface area contributed by atoms with Gasteiger partial charge in [-0.1, -0.05) is 25.3 Å². The van der Waals surface area contributed by atoms with Gasteiger partial charge in [-0.3, -0.25) is 0 Å². The van der Waals surface area contributed by atoms with E-state index in [0.29, 0.717) is 5.57 Å². The van der Waals surface area contributed by atoms with Gasteiger partial charge in [-0.05, 0) is 6.08 Å². The number of nitriles is 1. The minimum absolute atomic E-state index is 0.449. The molecule has 0 aliphatic carbocycles. The molecule has 0 saturated carbocycles. The molecule has 1 nitrogen and oxygen atoms in total. The molecule has 0 aliphatic heterocycles. The number of hydrogen-bond acceptors (Lipinski definition) is 1. The summed E-state index contributed by atoms with van der Waals surface area (Å²) in [6, 6.07) is 1.87. The highest BCUT2D eigenvalue weighted by molar-refractivity contribution is 5.30.